The maximum Gasteiger partial charge on any atom is 0.252 e. The van der Waals surface area contributed by atoms with Crippen molar-refractivity contribution in [3.8, 4) is 5.69 Å². The minimum Gasteiger partial charge on any atom is -0.336 e. The van der Waals surface area contributed by atoms with Gasteiger partial charge in [0.2, 0.25) is 0 Å². The highest BCUT2D eigenvalue weighted by atomic mass is 15.3. The number of para-hydroxylation sites is 4. The van der Waals surface area contributed by atoms with Gasteiger partial charge in [-0.15, -0.1) is 0 Å². The van der Waals surface area contributed by atoms with Crippen LogP contribution in [0, 0.1) is 0 Å². The molecule has 0 radical (unpaired) electrons. The van der Waals surface area contributed by atoms with Gasteiger partial charge >= 0.3 is 0 Å². The van der Waals surface area contributed by atoms with Crippen LogP contribution in [0.2, 0.25) is 0 Å². The Hall–Kier alpha value is -5.22. The van der Waals surface area contributed by atoms with Gasteiger partial charge in [0.05, 0.1) is 11.0 Å². The van der Waals surface area contributed by atoms with Crippen molar-refractivity contribution in [3.05, 3.63) is 139 Å². The zero-order valence-electron chi connectivity index (χ0n) is 27.3. The van der Waals surface area contributed by atoms with E-state index in [1.807, 2.05) is 0 Å². The summed E-state index contributed by atoms with van der Waals surface area (Å²) in [6.45, 7) is 9.94. The van der Waals surface area contributed by atoms with Crippen LogP contribution in [-0.2, 0) is 5.41 Å². The van der Waals surface area contributed by atoms with E-state index in [0.717, 1.165) is 23.5 Å². The molecule has 0 saturated carbocycles. The van der Waals surface area contributed by atoms with E-state index < -0.39 is 0 Å². The van der Waals surface area contributed by atoms with Gasteiger partial charge in [0, 0.05) is 55.9 Å². The van der Waals surface area contributed by atoms with Gasteiger partial charge in [0.1, 0.15) is 0 Å². The topological polar surface area (TPSA) is 11.4 Å². The molecule has 4 heteroatoms. The van der Waals surface area contributed by atoms with Crippen LogP contribution in [0.25, 0.3) is 27.5 Å². The van der Waals surface area contributed by atoms with Crippen molar-refractivity contribution in [3.63, 3.8) is 0 Å². The molecular weight excluding hydrogens is 569 g/mol. The lowest BCUT2D eigenvalue weighted by molar-refractivity contribution is 0.293. The average Bonchev–Trinajstić information content (AvgIpc) is 3.54. The van der Waals surface area contributed by atoms with E-state index in [1.165, 1.54) is 60.8 Å². The molecule has 0 N–H and O–H groups in total. The first-order valence-electron chi connectivity index (χ1n) is 17.0. The van der Waals surface area contributed by atoms with Crippen LogP contribution in [-0.4, -0.2) is 16.8 Å². The predicted molar refractivity (Wildman–Crippen MR) is 200 cm³/mol. The molecule has 3 aliphatic heterocycles. The molecule has 1 unspecified atom stereocenters. The molecule has 0 amide bonds. The molecule has 1 aromatic heterocycles. The summed E-state index contributed by atoms with van der Waals surface area (Å²) in [4.78, 5) is 5.09. The molecule has 3 nitrogen and oxygen atoms in total. The minimum absolute atomic E-state index is 0.00572. The van der Waals surface area contributed by atoms with E-state index in [-0.39, 0.29) is 17.7 Å². The summed E-state index contributed by atoms with van der Waals surface area (Å²) in [7, 11) is 0. The van der Waals surface area contributed by atoms with Crippen LogP contribution < -0.4 is 26.2 Å². The number of benzene rings is 6. The third-order valence-corrected chi connectivity index (χ3v) is 12.0. The van der Waals surface area contributed by atoms with Gasteiger partial charge in [0.15, 0.2) is 0 Å². The molecule has 47 heavy (non-hydrogen) atoms. The zero-order chi connectivity index (χ0) is 31.7. The van der Waals surface area contributed by atoms with Crippen LogP contribution in [0.4, 0.5) is 28.4 Å². The molecule has 226 valence electrons. The third-order valence-electron chi connectivity index (χ3n) is 12.0. The number of nitrogens with zero attached hydrogens (tertiary/aromatic N) is 3. The van der Waals surface area contributed by atoms with Crippen molar-refractivity contribution in [2.45, 2.75) is 45.1 Å². The summed E-state index contributed by atoms with van der Waals surface area (Å²) in [5.74, 6) is 0. The van der Waals surface area contributed by atoms with Gasteiger partial charge in [-0.2, -0.15) is 0 Å². The molecule has 7 aromatic rings. The summed E-state index contributed by atoms with van der Waals surface area (Å²) in [5, 5.41) is 2.70. The molecule has 0 aliphatic carbocycles. The predicted octanol–water partition coefficient (Wildman–Crippen LogP) is 8.99. The standard InChI is InChI=1S/C43H36BN3/c1-5-43(4)33-27-32-31-20-12-14-22-36(31)46-38-26-30(45(28-16-8-6-9-17-28)29-18-10-7-11-19-29)24-25-35(38)44-34-21-13-15-23-37(34)47(42(43,2)3)41(33)39(44)40(32)46/h6-27H,5H2,1-4H3. The van der Waals surface area contributed by atoms with E-state index in [4.69, 9.17) is 0 Å². The fourth-order valence-corrected chi connectivity index (χ4v) is 9.36. The Bertz CT molecular complexity index is 2370. The highest BCUT2D eigenvalue weighted by Gasteiger charge is 2.58. The minimum atomic E-state index is -0.0862. The molecule has 3 aliphatic rings. The van der Waals surface area contributed by atoms with Gasteiger partial charge in [-0.1, -0.05) is 92.7 Å². The van der Waals surface area contributed by atoms with Crippen LogP contribution in [0.3, 0.4) is 0 Å². The Morgan fingerprint density at radius 1 is 0.617 bits per heavy atom. The lowest BCUT2D eigenvalue weighted by Crippen LogP contribution is -2.62. The van der Waals surface area contributed by atoms with Gasteiger partial charge in [-0.3, -0.25) is 0 Å². The van der Waals surface area contributed by atoms with Gasteiger partial charge < -0.3 is 14.4 Å². The summed E-state index contributed by atoms with van der Waals surface area (Å²) in [5.41, 5.74) is 15.8. The fraction of sp³-hybridized carbons (Fsp3) is 0.163. The highest BCUT2D eigenvalue weighted by molar-refractivity contribution is 7.00. The summed E-state index contributed by atoms with van der Waals surface area (Å²) in [6, 6.07) is 49.5. The second-order valence-electron chi connectivity index (χ2n) is 14.3. The van der Waals surface area contributed by atoms with Crippen LogP contribution >= 0.6 is 0 Å². The van der Waals surface area contributed by atoms with E-state index in [1.54, 1.807) is 0 Å². The number of aromatic nitrogens is 1. The van der Waals surface area contributed by atoms with Crippen molar-refractivity contribution in [2.75, 3.05) is 9.80 Å². The van der Waals surface area contributed by atoms with E-state index in [0.29, 0.717) is 0 Å². The number of anilines is 5. The summed E-state index contributed by atoms with van der Waals surface area (Å²) < 4.78 is 2.59. The quantitative estimate of drug-likeness (QED) is 0.186. The Morgan fingerprint density at radius 3 is 1.98 bits per heavy atom. The Morgan fingerprint density at radius 2 is 1.26 bits per heavy atom. The van der Waals surface area contributed by atoms with E-state index in [2.05, 4.69) is 176 Å². The normalized spacial score (nSPS) is 18.0. The number of fused-ring (bicyclic) bond motifs is 9. The van der Waals surface area contributed by atoms with Gasteiger partial charge in [-0.25, -0.2) is 0 Å². The summed E-state index contributed by atoms with van der Waals surface area (Å²) >= 11 is 0. The van der Waals surface area contributed by atoms with Crippen molar-refractivity contribution in [2.24, 2.45) is 0 Å². The second-order valence-corrected chi connectivity index (χ2v) is 14.3. The highest BCUT2D eigenvalue weighted by Crippen LogP contribution is 2.58. The molecule has 0 bridgehead atoms. The van der Waals surface area contributed by atoms with Crippen LogP contribution in [0.5, 0.6) is 0 Å². The monoisotopic (exact) mass is 605 g/mol. The van der Waals surface area contributed by atoms with Crippen LogP contribution in [0.1, 0.15) is 39.7 Å². The number of hydrogen-bond acceptors (Lipinski definition) is 2. The Labute approximate surface area is 276 Å². The summed E-state index contributed by atoms with van der Waals surface area (Å²) in [6.07, 6.45) is 1.08. The lowest BCUT2D eigenvalue weighted by atomic mass is 9.33. The molecule has 1 atom stereocenters. The van der Waals surface area contributed by atoms with E-state index >= 15 is 0 Å². The van der Waals surface area contributed by atoms with Crippen molar-refractivity contribution >= 4 is 73.3 Å². The van der Waals surface area contributed by atoms with Crippen molar-refractivity contribution < 1.29 is 0 Å². The SMILES string of the molecule is CCC1(C)c2cc3c4ccccc4n4c3c3c2N(c2ccccc2B3c2ccc(N(c3ccccc3)c3ccccc3)cc2-4)C1(C)C. The zero-order valence-corrected chi connectivity index (χ0v) is 27.3. The van der Waals surface area contributed by atoms with E-state index in [9.17, 15) is 0 Å². The largest absolute Gasteiger partial charge is 0.336 e. The average molecular weight is 606 g/mol. The Kier molecular flexibility index (Phi) is 5.27. The maximum absolute atomic E-state index is 2.71. The molecular formula is C43H36BN3. The second kappa shape index (κ2) is 9.20. The van der Waals surface area contributed by atoms with Crippen molar-refractivity contribution in [1.29, 1.82) is 0 Å². The Balaban J connectivity index is 1.35. The molecule has 6 aromatic carbocycles. The molecule has 4 heterocycles. The maximum atomic E-state index is 2.71. The smallest absolute Gasteiger partial charge is 0.252 e. The first-order chi connectivity index (χ1) is 22.9. The molecule has 0 saturated heterocycles. The van der Waals surface area contributed by atoms with Gasteiger partial charge in [-0.05, 0) is 96.8 Å². The van der Waals surface area contributed by atoms with Crippen molar-refractivity contribution in [1.82, 2.24) is 4.57 Å². The number of rotatable bonds is 4. The molecule has 10 rings (SSSR count). The van der Waals surface area contributed by atoms with Gasteiger partial charge in [0.25, 0.3) is 6.71 Å². The number of hydrogen-bond donors (Lipinski definition) is 0. The first-order valence-corrected chi connectivity index (χ1v) is 17.0. The molecule has 0 spiro atoms. The lowest BCUT2D eigenvalue weighted by Gasteiger charge is -2.47. The fourth-order valence-electron chi connectivity index (χ4n) is 9.36. The molecule has 0 fully saturated rings. The first kappa shape index (κ1) is 26.9. The third kappa shape index (κ3) is 3.23. The van der Waals surface area contributed by atoms with Crippen LogP contribution in [0.15, 0.2) is 133 Å².